The summed E-state index contributed by atoms with van der Waals surface area (Å²) in [6, 6.07) is 2.28. The molecule has 1 atom stereocenters. The smallest absolute Gasteiger partial charge is 0.477 e. The summed E-state index contributed by atoms with van der Waals surface area (Å²) in [7, 11) is 1.94. The lowest BCUT2D eigenvalue weighted by molar-refractivity contribution is -0.192. The average Bonchev–Trinajstić information content (AvgIpc) is 3.10. The molecule has 1 saturated heterocycles. The first-order valence-corrected chi connectivity index (χ1v) is 8.44. The minimum atomic E-state index is -5.08. The Morgan fingerprint density at radius 1 is 1.34 bits per heavy atom. The largest absolute Gasteiger partial charge is 0.490 e. The van der Waals surface area contributed by atoms with Crippen LogP contribution in [0.25, 0.3) is 11.0 Å². The molecule has 0 saturated carbocycles. The number of aryl methyl sites for hydroxylation is 1. The molecule has 1 fully saturated rings. The van der Waals surface area contributed by atoms with E-state index in [2.05, 4.69) is 20.2 Å². The molecule has 1 aliphatic rings. The van der Waals surface area contributed by atoms with Crippen LogP contribution >= 0.6 is 0 Å². The summed E-state index contributed by atoms with van der Waals surface area (Å²) in [6.07, 6.45) is -2.83. The van der Waals surface area contributed by atoms with Crippen LogP contribution in [0.3, 0.4) is 0 Å². The van der Waals surface area contributed by atoms with Crippen LogP contribution in [-0.4, -0.2) is 64.5 Å². The van der Waals surface area contributed by atoms with E-state index in [1.165, 1.54) is 6.20 Å². The summed E-state index contributed by atoms with van der Waals surface area (Å²) in [5.41, 5.74) is 0.407. The number of rotatable bonds is 3. The highest BCUT2D eigenvalue weighted by molar-refractivity contribution is 5.92. The second-order valence-corrected chi connectivity index (χ2v) is 6.38. The fraction of sp³-hybridized carbons (Fsp3) is 0.412. The average molecular weight is 416 g/mol. The van der Waals surface area contributed by atoms with Crippen LogP contribution in [0.2, 0.25) is 0 Å². The first kappa shape index (κ1) is 22.1. The number of carbonyl (C=O) groups is 2. The van der Waals surface area contributed by atoms with Crippen LogP contribution in [0.15, 0.2) is 17.1 Å². The number of carboxylic acids is 2. The number of aromatic carboxylic acids is 1. The first-order valence-electron chi connectivity index (χ1n) is 8.44. The van der Waals surface area contributed by atoms with Crippen molar-refractivity contribution < 1.29 is 33.0 Å². The lowest BCUT2D eigenvalue weighted by Crippen LogP contribution is -2.30. The van der Waals surface area contributed by atoms with E-state index in [9.17, 15) is 22.8 Å². The molecule has 0 bridgehead atoms. The lowest BCUT2D eigenvalue weighted by atomic mass is 10.1. The van der Waals surface area contributed by atoms with E-state index in [-0.39, 0.29) is 5.56 Å². The number of likely N-dealkylation sites (N-methyl/N-ethyl adjacent to an activating group) is 1. The van der Waals surface area contributed by atoms with Gasteiger partial charge in [-0.25, -0.2) is 14.6 Å². The molecule has 3 rings (SSSR count). The van der Waals surface area contributed by atoms with Gasteiger partial charge >= 0.3 is 18.1 Å². The van der Waals surface area contributed by atoms with Gasteiger partial charge in [0.1, 0.15) is 17.0 Å². The fourth-order valence-corrected chi connectivity index (χ4v) is 2.91. The molecular formula is C17H19F3N4O5. The van der Waals surface area contributed by atoms with Crippen LogP contribution < -0.4 is 15.6 Å². The van der Waals surface area contributed by atoms with Gasteiger partial charge in [0.2, 0.25) is 5.43 Å². The summed E-state index contributed by atoms with van der Waals surface area (Å²) >= 11 is 0. The van der Waals surface area contributed by atoms with Crippen LogP contribution in [0.4, 0.5) is 19.0 Å². The fourth-order valence-electron chi connectivity index (χ4n) is 2.91. The van der Waals surface area contributed by atoms with E-state index < -0.39 is 23.5 Å². The predicted molar refractivity (Wildman–Crippen MR) is 97.4 cm³/mol. The monoisotopic (exact) mass is 416 g/mol. The Morgan fingerprint density at radius 2 is 1.97 bits per heavy atom. The number of halogens is 3. The third kappa shape index (κ3) is 5.02. The number of anilines is 1. The molecule has 4 N–H and O–H groups in total. The Hall–Kier alpha value is -3.15. The van der Waals surface area contributed by atoms with Gasteiger partial charge in [0, 0.05) is 25.3 Å². The number of nitrogens with zero attached hydrogens (tertiary/aromatic N) is 2. The van der Waals surface area contributed by atoms with Crippen LogP contribution in [-0.2, 0) is 4.79 Å². The van der Waals surface area contributed by atoms with E-state index in [0.29, 0.717) is 17.1 Å². The quantitative estimate of drug-likeness (QED) is 0.589. The van der Waals surface area contributed by atoms with Gasteiger partial charge in [-0.2, -0.15) is 13.2 Å². The van der Waals surface area contributed by atoms with E-state index in [0.717, 1.165) is 30.9 Å². The molecule has 1 unspecified atom stereocenters. The molecule has 29 heavy (non-hydrogen) atoms. The predicted octanol–water partition coefficient (Wildman–Crippen LogP) is 1.36. The molecule has 1 aliphatic heterocycles. The molecule has 0 amide bonds. The van der Waals surface area contributed by atoms with Crippen molar-refractivity contribution in [2.75, 3.05) is 25.0 Å². The summed E-state index contributed by atoms with van der Waals surface area (Å²) < 4.78 is 31.7. The molecule has 0 radical (unpaired) electrons. The van der Waals surface area contributed by atoms with Crippen molar-refractivity contribution in [3.05, 3.63) is 33.6 Å². The number of nitrogens with one attached hydrogen (secondary N) is 2. The summed E-state index contributed by atoms with van der Waals surface area (Å²) in [5, 5.41) is 19.8. The van der Waals surface area contributed by atoms with E-state index in [4.69, 9.17) is 15.0 Å². The van der Waals surface area contributed by atoms with Crippen molar-refractivity contribution in [3.63, 3.8) is 0 Å². The van der Waals surface area contributed by atoms with Crippen LogP contribution in [0, 0.1) is 6.92 Å². The van der Waals surface area contributed by atoms with Crippen molar-refractivity contribution in [3.8, 4) is 0 Å². The zero-order valence-corrected chi connectivity index (χ0v) is 15.5. The molecule has 2 aromatic heterocycles. The van der Waals surface area contributed by atoms with Gasteiger partial charge in [-0.1, -0.05) is 0 Å². The van der Waals surface area contributed by atoms with Crippen molar-refractivity contribution in [1.29, 1.82) is 0 Å². The zero-order chi connectivity index (χ0) is 21.9. The number of hydrogen-bond acceptors (Lipinski definition) is 6. The zero-order valence-electron chi connectivity index (χ0n) is 15.5. The highest BCUT2D eigenvalue weighted by atomic mass is 19.4. The molecule has 158 valence electrons. The van der Waals surface area contributed by atoms with Crippen molar-refractivity contribution >= 4 is 28.8 Å². The standard InChI is InChI=1S/C15H18N4O3.C2HF3O2/c1-8-5-11(19-4-3-9(7-19)16-2)18-14-12(8)13(20)10(6-17-14)15(21)22;3-2(4,5)1(6)7/h5-6,9,16H,3-4,7H2,1-2H3,(H,21,22)(H,17,18,20);(H,6,7). The van der Waals surface area contributed by atoms with Gasteiger partial charge in [-0.15, -0.1) is 0 Å². The third-order valence-electron chi connectivity index (χ3n) is 4.42. The van der Waals surface area contributed by atoms with Gasteiger partial charge in [-0.3, -0.25) is 4.79 Å². The molecule has 12 heteroatoms. The van der Waals surface area contributed by atoms with Crippen molar-refractivity contribution in [2.24, 2.45) is 0 Å². The number of hydrogen-bond donors (Lipinski definition) is 4. The number of H-pyrrole nitrogens is 1. The third-order valence-corrected chi connectivity index (χ3v) is 4.42. The lowest BCUT2D eigenvalue weighted by Gasteiger charge is -2.18. The van der Waals surface area contributed by atoms with E-state index in [1.54, 1.807) is 6.92 Å². The molecule has 0 aromatic carbocycles. The minimum Gasteiger partial charge on any atom is -0.477 e. The van der Waals surface area contributed by atoms with Crippen LogP contribution in [0.5, 0.6) is 0 Å². The Kier molecular flexibility index (Phi) is 6.47. The first-order chi connectivity index (χ1) is 13.5. The van der Waals surface area contributed by atoms with Crippen molar-refractivity contribution in [2.45, 2.75) is 25.6 Å². The SMILES string of the molecule is CNC1CCN(c2cc(C)c3c(=O)c(C(=O)O)c[nH]c3n2)C1.O=C(O)C(F)(F)F. The number of fused-ring (bicyclic) bond motifs is 1. The maximum atomic E-state index is 12.3. The van der Waals surface area contributed by atoms with E-state index >= 15 is 0 Å². The Labute approximate surface area is 162 Å². The molecular weight excluding hydrogens is 397 g/mol. The Bertz CT molecular complexity index is 989. The second-order valence-electron chi connectivity index (χ2n) is 6.38. The van der Waals surface area contributed by atoms with Gasteiger partial charge in [0.05, 0.1) is 5.39 Å². The maximum Gasteiger partial charge on any atom is 0.490 e. The van der Waals surface area contributed by atoms with E-state index in [1.807, 2.05) is 13.1 Å². The molecule has 0 spiro atoms. The normalized spacial score (nSPS) is 16.4. The maximum absolute atomic E-state index is 12.3. The van der Waals surface area contributed by atoms with Gasteiger partial charge in [-0.05, 0) is 32.0 Å². The topological polar surface area (TPSA) is 136 Å². The van der Waals surface area contributed by atoms with Gasteiger partial charge < -0.3 is 25.4 Å². The van der Waals surface area contributed by atoms with Crippen LogP contribution in [0.1, 0.15) is 22.3 Å². The second kappa shape index (κ2) is 8.47. The molecule has 0 aliphatic carbocycles. The number of carboxylic acid groups (broad SMARTS) is 2. The van der Waals surface area contributed by atoms with Gasteiger partial charge in [0.25, 0.3) is 0 Å². The number of aromatic amines is 1. The Morgan fingerprint density at radius 3 is 2.45 bits per heavy atom. The summed E-state index contributed by atoms with van der Waals surface area (Å²) in [6.45, 7) is 3.58. The number of aliphatic carboxylic acids is 1. The van der Waals surface area contributed by atoms with Gasteiger partial charge in [0.15, 0.2) is 0 Å². The number of aromatic nitrogens is 2. The minimum absolute atomic E-state index is 0.262. The highest BCUT2D eigenvalue weighted by Gasteiger charge is 2.38. The Balaban J connectivity index is 0.000000370. The molecule has 2 aromatic rings. The summed E-state index contributed by atoms with van der Waals surface area (Å²) in [5.74, 6) is -3.18. The molecule has 9 nitrogen and oxygen atoms in total. The summed E-state index contributed by atoms with van der Waals surface area (Å²) in [4.78, 5) is 41.7. The number of pyridine rings is 2. The van der Waals surface area contributed by atoms with Crippen molar-refractivity contribution in [1.82, 2.24) is 15.3 Å². The highest BCUT2D eigenvalue weighted by Crippen LogP contribution is 2.23. The number of alkyl halides is 3. The molecule has 3 heterocycles.